The predicted octanol–water partition coefficient (Wildman–Crippen LogP) is 5.16. The Labute approximate surface area is 209 Å². The normalized spacial score (nSPS) is 12.2. The van der Waals surface area contributed by atoms with Crippen molar-refractivity contribution >= 4 is 21.8 Å². The number of benzene rings is 3. The molecule has 0 radical (unpaired) electrons. The van der Waals surface area contributed by atoms with Crippen molar-refractivity contribution in [3.05, 3.63) is 125 Å². The van der Waals surface area contributed by atoms with E-state index in [0.717, 1.165) is 11.1 Å². The Morgan fingerprint density at radius 3 is 2.00 bits per heavy atom. The molecule has 0 amide bonds. The molecule has 0 unspecified atom stereocenters. The van der Waals surface area contributed by atoms with Gasteiger partial charge in [0.05, 0.1) is 23.3 Å². The molecule has 4 rings (SSSR count). The first-order valence-electron chi connectivity index (χ1n) is 11.2. The van der Waals surface area contributed by atoms with E-state index in [1.54, 1.807) is 36.4 Å². The monoisotopic (exact) mass is 503 g/mol. The van der Waals surface area contributed by atoms with E-state index in [-0.39, 0.29) is 22.8 Å². The van der Waals surface area contributed by atoms with Crippen molar-refractivity contribution in [1.29, 1.82) is 0 Å². The van der Waals surface area contributed by atoms with Crippen LogP contribution in [0.5, 0.6) is 0 Å². The Morgan fingerprint density at radius 1 is 0.833 bits per heavy atom. The largest absolute Gasteiger partial charge is 0.468 e. The van der Waals surface area contributed by atoms with E-state index in [9.17, 15) is 18.0 Å². The SMILES string of the molecule is Cc1ccc(C(=O)[C@@H](OC(=O)c2ccc(S(=O)(=O)NCc3ccco3)cc2)c2ccc(C)cc2)cc1. The van der Waals surface area contributed by atoms with Crippen LogP contribution in [0.25, 0.3) is 0 Å². The summed E-state index contributed by atoms with van der Waals surface area (Å²) in [6.45, 7) is 3.84. The number of aryl methyl sites for hydroxylation is 2. The first kappa shape index (κ1) is 25.1. The minimum absolute atomic E-state index is 0.00151. The van der Waals surface area contributed by atoms with E-state index >= 15 is 0 Å². The Kier molecular flexibility index (Phi) is 7.47. The van der Waals surface area contributed by atoms with Gasteiger partial charge in [-0.2, -0.15) is 0 Å². The molecular formula is C28H25NO6S. The Balaban J connectivity index is 1.53. The fraction of sp³-hybridized carbons (Fsp3) is 0.143. The lowest BCUT2D eigenvalue weighted by atomic mass is 9.98. The van der Waals surface area contributed by atoms with Crippen LogP contribution in [0, 0.1) is 13.8 Å². The average molecular weight is 504 g/mol. The molecule has 1 heterocycles. The van der Waals surface area contributed by atoms with Gasteiger partial charge in [-0.3, -0.25) is 4.79 Å². The first-order valence-corrected chi connectivity index (χ1v) is 12.7. The molecule has 1 aromatic heterocycles. The summed E-state index contributed by atoms with van der Waals surface area (Å²) in [5.74, 6) is -0.624. The van der Waals surface area contributed by atoms with Gasteiger partial charge in [0.2, 0.25) is 15.8 Å². The van der Waals surface area contributed by atoms with Gasteiger partial charge in [-0.25, -0.2) is 17.9 Å². The van der Waals surface area contributed by atoms with Gasteiger partial charge in [0, 0.05) is 11.1 Å². The van der Waals surface area contributed by atoms with Crippen LogP contribution < -0.4 is 4.72 Å². The standard InChI is InChI=1S/C28H25NO6S/c1-19-5-9-21(10-6-19)26(30)27(22-11-7-20(2)8-12-22)35-28(31)23-13-15-25(16-14-23)36(32,33)29-18-24-4-3-17-34-24/h3-17,27,29H,18H2,1-2H3/t27-/m0/s1. The zero-order chi connectivity index (χ0) is 25.7. The second-order valence-electron chi connectivity index (χ2n) is 8.35. The molecule has 184 valence electrons. The lowest BCUT2D eigenvalue weighted by Crippen LogP contribution is -2.23. The van der Waals surface area contributed by atoms with E-state index in [2.05, 4.69) is 4.72 Å². The summed E-state index contributed by atoms with van der Waals surface area (Å²) < 4.78 is 38.4. The number of sulfonamides is 1. The van der Waals surface area contributed by atoms with Crippen LogP contribution in [-0.4, -0.2) is 20.2 Å². The molecule has 0 fully saturated rings. The predicted molar refractivity (Wildman–Crippen MR) is 134 cm³/mol. The number of hydrogen-bond donors (Lipinski definition) is 1. The topological polar surface area (TPSA) is 103 Å². The van der Waals surface area contributed by atoms with Crippen LogP contribution in [0.2, 0.25) is 0 Å². The van der Waals surface area contributed by atoms with Gasteiger partial charge in [-0.1, -0.05) is 59.7 Å². The van der Waals surface area contributed by atoms with Gasteiger partial charge < -0.3 is 9.15 Å². The van der Waals surface area contributed by atoms with E-state index in [1.807, 2.05) is 38.1 Å². The van der Waals surface area contributed by atoms with Crippen LogP contribution in [0.1, 0.15) is 49.3 Å². The fourth-order valence-corrected chi connectivity index (χ4v) is 4.48. The lowest BCUT2D eigenvalue weighted by Gasteiger charge is -2.18. The van der Waals surface area contributed by atoms with Crippen molar-refractivity contribution in [2.24, 2.45) is 0 Å². The van der Waals surface area contributed by atoms with Crippen LogP contribution in [0.3, 0.4) is 0 Å². The number of esters is 1. The highest BCUT2D eigenvalue weighted by atomic mass is 32.2. The summed E-state index contributed by atoms with van der Waals surface area (Å²) in [6, 6.07) is 22.9. The van der Waals surface area contributed by atoms with Crippen molar-refractivity contribution in [2.75, 3.05) is 0 Å². The Bertz CT molecular complexity index is 1440. The molecule has 0 saturated carbocycles. The minimum Gasteiger partial charge on any atom is -0.468 e. The van der Waals surface area contributed by atoms with Gasteiger partial charge >= 0.3 is 5.97 Å². The van der Waals surface area contributed by atoms with Crippen LogP contribution in [0.4, 0.5) is 0 Å². The first-order chi connectivity index (χ1) is 17.2. The van der Waals surface area contributed by atoms with E-state index in [0.29, 0.717) is 16.9 Å². The molecule has 1 atom stereocenters. The summed E-state index contributed by atoms with van der Waals surface area (Å²) >= 11 is 0. The summed E-state index contributed by atoms with van der Waals surface area (Å²) in [5.41, 5.74) is 3.09. The zero-order valence-corrected chi connectivity index (χ0v) is 20.6. The van der Waals surface area contributed by atoms with Gasteiger partial charge in [0.25, 0.3) is 0 Å². The number of carbonyl (C=O) groups is 2. The van der Waals surface area contributed by atoms with Crippen molar-refractivity contribution in [3.8, 4) is 0 Å². The maximum atomic E-state index is 13.3. The highest BCUT2D eigenvalue weighted by molar-refractivity contribution is 7.89. The Morgan fingerprint density at radius 2 is 1.42 bits per heavy atom. The molecular weight excluding hydrogens is 478 g/mol. The van der Waals surface area contributed by atoms with Gasteiger partial charge in [-0.05, 0) is 50.2 Å². The second-order valence-corrected chi connectivity index (χ2v) is 10.1. The summed E-state index contributed by atoms with van der Waals surface area (Å²) in [6.07, 6.45) is 0.302. The number of nitrogens with one attached hydrogen (secondary N) is 1. The molecule has 0 aliphatic rings. The minimum atomic E-state index is -3.82. The second kappa shape index (κ2) is 10.7. The number of rotatable bonds is 9. The van der Waals surface area contributed by atoms with Crippen molar-refractivity contribution in [3.63, 3.8) is 0 Å². The molecule has 36 heavy (non-hydrogen) atoms. The van der Waals surface area contributed by atoms with E-state index < -0.39 is 22.1 Å². The Hall–Kier alpha value is -4.01. The molecule has 0 bridgehead atoms. The molecule has 7 nitrogen and oxygen atoms in total. The fourth-order valence-electron chi connectivity index (χ4n) is 3.49. The number of ketones is 1. The highest BCUT2D eigenvalue weighted by Gasteiger charge is 2.27. The quantitative estimate of drug-likeness (QED) is 0.250. The summed E-state index contributed by atoms with van der Waals surface area (Å²) in [5, 5.41) is 0. The van der Waals surface area contributed by atoms with Crippen LogP contribution in [0.15, 0.2) is 101 Å². The molecule has 0 aliphatic carbocycles. The molecule has 3 aromatic carbocycles. The maximum Gasteiger partial charge on any atom is 0.339 e. The third-order valence-corrected chi connectivity index (χ3v) is 7.01. The number of carbonyl (C=O) groups excluding carboxylic acids is 2. The molecule has 0 aliphatic heterocycles. The summed E-state index contributed by atoms with van der Waals surface area (Å²) in [4.78, 5) is 26.2. The third-order valence-electron chi connectivity index (χ3n) is 5.60. The van der Waals surface area contributed by atoms with Crippen molar-refractivity contribution in [1.82, 2.24) is 4.72 Å². The van der Waals surface area contributed by atoms with Gasteiger partial charge in [-0.15, -0.1) is 0 Å². The number of furan rings is 1. The zero-order valence-electron chi connectivity index (χ0n) is 19.8. The maximum absolute atomic E-state index is 13.3. The number of Topliss-reactive ketones (excluding diaryl/α,β-unsaturated/α-hetero) is 1. The third kappa shape index (κ3) is 5.97. The smallest absolute Gasteiger partial charge is 0.339 e. The van der Waals surface area contributed by atoms with Crippen LogP contribution in [-0.2, 0) is 21.3 Å². The van der Waals surface area contributed by atoms with Gasteiger partial charge in [0.1, 0.15) is 5.76 Å². The average Bonchev–Trinajstić information content (AvgIpc) is 3.41. The van der Waals surface area contributed by atoms with Crippen molar-refractivity contribution < 1.29 is 27.2 Å². The number of hydrogen-bond acceptors (Lipinski definition) is 6. The van der Waals surface area contributed by atoms with Crippen LogP contribution >= 0.6 is 0 Å². The van der Waals surface area contributed by atoms with E-state index in [1.165, 1.54) is 30.5 Å². The summed E-state index contributed by atoms with van der Waals surface area (Å²) in [7, 11) is -3.82. The van der Waals surface area contributed by atoms with Gasteiger partial charge in [0.15, 0.2) is 6.10 Å². The van der Waals surface area contributed by atoms with E-state index in [4.69, 9.17) is 9.15 Å². The van der Waals surface area contributed by atoms with Crippen molar-refractivity contribution in [2.45, 2.75) is 31.4 Å². The molecule has 0 saturated heterocycles. The molecule has 4 aromatic rings. The molecule has 8 heteroatoms. The number of ether oxygens (including phenoxy) is 1. The molecule has 1 N–H and O–H groups in total. The molecule has 0 spiro atoms. The highest BCUT2D eigenvalue weighted by Crippen LogP contribution is 2.25. The lowest BCUT2D eigenvalue weighted by molar-refractivity contribution is 0.0280.